The summed E-state index contributed by atoms with van der Waals surface area (Å²) < 4.78 is 21.4. The predicted molar refractivity (Wildman–Crippen MR) is 97.6 cm³/mol. The lowest BCUT2D eigenvalue weighted by atomic mass is 9.86. The van der Waals surface area contributed by atoms with Crippen LogP contribution in [-0.4, -0.2) is 57.1 Å². The van der Waals surface area contributed by atoms with E-state index < -0.39 is 11.5 Å². The molecule has 8 nitrogen and oxygen atoms in total. The summed E-state index contributed by atoms with van der Waals surface area (Å²) in [6.07, 6.45) is 1.50. The smallest absolute Gasteiger partial charge is 0.305 e. The molecule has 0 unspecified atom stereocenters. The van der Waals surface area contributed by atoms with Gasteiger partial charge in [-0.1, -0.05) is 6.07 Å². The molecular formula is C19H27NO7. The van der Waals surface area contributed by atoms with Crippen LogP contribution in [0.1, 0.15) is 31.2 Å². The summed E-state index contributed by atoms with van der Waals surface area (Å²) in [6.45, 7) is 0.883. The van der Waals surface area contributed by atoms with Gasteiger partial charge >= 0.3 is 5.97 Å². The standard InChI is InChI=1S/C19H27NO7/c1-24-14-6-4-13(17(25-2)18(14)26-3)5-7-15(21)20-19(12-16(22)23)8-10-27-11-9-19/h4,6H,5,7-12H2,1-3H3,(H,20,21)(H,22,23). The molecule has 8 heteroatoms. The number of carbonyl (C=O) groups is 2. The molecule has 0 bridgehead atoms. The fourth-order valence-corrected chi connectivity index (χ4v) is 3.36. The third-order valence-electron chi connectivity index (χ3n) is 4.75. The van der Waals surface area contributed by atoms with E-state index in [1.807, 2.05) is 6.07 Å². The Kier molecular flexibility index (Phi) is 7.29. The highest BCUT2D eigenvalue weighted by atomic mass is 16.5. The minimum absolute atomic E-state index is 0.109. The van der Waals surface area contributed by atoms with Crippen LogP contribution in [0.5, 0.6) is 17.2 Å². The summed E-state index contributed by atoms with van der Waals surface area (Å²) in [6, 6.07) is 3.59. The number of hydrogen-bond donors (Lipinski definition) is 2. The molecule has 150 valence electrons. The maximum absolute atomic E-state index is 12.5. The van der Waals surface area contributed by atoms with Gasteiger partial charge in [0.05, 0.1) is 33.3 Å². The molecule has 1 amide bonds. The summed E-state index contributed by atoms with van der Waals surface area (Å²) in [5.41, 5.74) is 0.0626. The average molecular weight is 381 g/mol. The van der Waals surface area contributed by atoms with Crippen LogP contribution in [0, 0.1) is 0 Å². The van der Waals surface area contributed by atoms with Crippen LogP contribution in [0.4, 0.5) is 0 Å². The maximum Gasteiger partial charge on any atom is 0.305 e. The van der Waals surface area contributed by atoms with Crippen molar-refractivity contribution in [2.24, 2.45) is 0 Å². The van der Waals surface area contributed by atoms with Gasteiger partial charge in [-0.2, -0.15) is 0 Å². The number of aryl methyl sites for hydroxylation is 1. The average Bonchev–Trinajstić information content (AvgIpc) is 2.65. The van der Waals surface area contributed by atoms with Crippen molar-refractivity contribution in [2.45, 2.75) is 37.6 Å². The number of hydrogen-bond acceptors (Lipinski definition) is 6. The first-order chi connectivity index (χ1) is 12.9. The maximum atomic E-state index is 12.5. The lowest BCUT2D eigenvalue weighted by molar-refractivity contribution is -0.140. The molecule has 1 aliphatic rings. The van der Waals surface area contributed by atoms with Gasteiger partial charge in [-0.15, -0.1) is 0 Å². The van der Waals surface area contributed by atoms with Crippen LogP contribution < -0.4 is 19.5 Å². The molecular weight excluding hydrogens is 354 g/mol. The van der Waals surface area contributed by atoms with Gasteiger partial charge in [0.25, 0.3) is 0 Å². The first-order valence-corrected chi connectivity index (χ1v) is 8.83. The summed E-state index contributed by atoms with van der Waals surface area (Å²) >= 11 is 0. The Bertz CT molecular complexity index is 668. The van der Waals surface area contributed by atoms with Crippen LogP contribution in [0.2, 0.25) is 0 Å². The third kappa shape index (κ3) is 5.26. The Morgan fingerprint density at radius 2 is 1.78 bits per heavy atom. The minimum Gasteiger partial charge on any atom is -0.493 e. The van der Waals surface area contributed by atoms with E-state index in [4.69, 9.17) is 18.9 Å². The lowest BCUT2D eigenvalue weighted by Gasteiger charge is -2.36. The molecule has 0 aromatic heterocycles. The van der Waals surface area contributed by atoms with Crippen LogP contribution in [0.15, 0.2) is 12.1 Å². The molecule has 2 N–H and O–H groups in total. The number of rotatable bonds is 9. The van der Waals surface area contributed by atoms with E-state index in [2.05, 4.69) is 5.32 Å². The molecule has 0 atom stereocenters. The molecule has 1 heterocycles. The number of nitrogens with one attached hydrogen (secondary N) is 1. The van der Waals surface area contributed by atoms with Crippen LogP contribution >= 0.6 is 0 Å². The molecule has 0 radical (unpaired) electrons. The van der Waals surface area contributed by atoms with Gasteiger partial charge in [-0.05, 0) is 30.9 Å². The van der Waals surface area contributed by atoms with Crippen molar-refractivity contribution < 1.29 is 33.6 Å². The van der Waals surface area contributed by atoms with Crippen molar-refractivity contribution in [3.05, 3.63) is 17.7 Å². The molecule has 1 aliphatic heterocycles. The minimum atomic E-state index is -0.932. The normalized spacial score (nSPS) is 15.7. The highest BCUT2D eigenvalue weighted by Gasteiger charge is 2.36. The number of carboxylic acids is 1. The second-order valence-electron chi connectivity index (χ2n) is 6.50. The zero-order chi connectivity index (χ0) is 19.9. The predicted octanol–water partition coefficient (Wildman–Crippen LogP) is 1.79. The fraction of sp³-hybridized carbons (Fsp3) is 0.579. The van der Waals surface area contributed by atoms with Crippen molar-refractivity contribution in [2.75, 3.05) is 34.5 Å². The van der Waals surface area contributed by atoms with Gasteiger partial charge in [0, 0.05) is 19.6 Å². The van der Waals surface area contributed by atoms with E-state index in [-0.39, 0.29) is 18.7 Å². The van der Waals surface area contributed by atoms with Gasteiger partial charge in [-0.3, -0.25) is 9.59 Å². The van der Waals surface area contributed by atoms with E-state index in [1.54, 1.807) is 13.2 Å². The van der Waals surface area contributed by atoms with Crippen molar-refractivity contribution in [1.82, 2.24) is 5.32 Å². The van der Waals surface area contributed by atoms with E-state index >= 15 is 0 Å². The number of benzene rings is 1. The molecule has 1 aromatic carbocycles. The van der Waals surface area contributed by atoms with Gasteiger partial charge < -0.3 is 29.4 Å². The monoisotopic (exact) mass is 381 g/mol. The number of amides is 1. The van der Waals surface area contributed by atoms with Crippen LogP contribution in [0.3, 0.4) is 0 Å². The van der Waals surface area contributed by atoms with Crippen molar-refractivity contribution >= 4 is 11.9 Å². The molecule has 2 rings (SSSR count). The first kappa shape index (κ1) is 20.8. The lowest BCUT2D eigenvalue weighted by Crippen LogP contribution is -2.53. The summed E-state index contributed by atoms with van der Waals surface area (Å²) in [7, 11) is 4.60. The number of methoxy groups -OCH3 is 3. The Balaban J connectivity index is 2.07. The second kappa shape index (κ2) is 9.45. The van der Waals surface area contributed by atoms with E-state index in [9.17, 15) is 14.7 Å². The zero-order valence-electron chi connectivity index (χ0n) is 16.0. The summed E-state index contributed by atoms with van der Waals surface area (Å²) in [5, 5.41) is 12.1. The van der Waals surface area contributed by atoms with E-state index in [1.165, 1.54) is 14.2 Å². The van der Waals surface area contributed by atoms with Gasteiger partial charge in [-0.25, -0.2) is 0 Å². The molecule has 27 heavy (non-hydrogen) atoms. The Morgan fingerprint density at radius 3 is 2.33 bits per heavy atom. The molecule has 1 fully saturated rings. The van der Waals surface area contributed by atoms with Crippen molar-refractivity contribution in [3.8, 4) is 17.2 Å². The van der Waals surface area contributed by atoms with Gasteiger partial charge in [0.1, 0.15) is 0 Å². The molecule has 1 aromatic rings. The number of aliphatic carboxylic acids is 1. The molecule has 0 aliphatic carbocycles. The number of ether oxygens (including phenoxy) is 4. The molecule has 1 saturated heterocycles. The largest absolute Gasteiger partial charge is 0.493 e. The second-order valence-corrected chi connectivity index (χ2v) is 6.50. The zero-order valence-corrected chi connectivity index (χ0v) is 16.0. The van der Waals surface area contributed by atoms with Crippen LogP contribution in [-0.2, 0) is 20.7 Å². The Morgan fingerprint density at radius 1 is 1.11 bits per heavy atom. The summed E-state index contributed by atoms with van der Waals surface area (Å²) in [4.78, 5) is 23.7. The van der Waals surface area contributed by atoms with E-state index in [0.717, 1.165) is 5.56 Å². The van der Waals surface area contributed by atoms with Crippen molar-refractivity contribution in [1.29, 1.82) is 0 Å². The highest BCUT2D eigenvalue weighted by Crippen LogP contribution is 2.40. The summed E-state index contributed by atoms with van der Waals surface area (Å²) in [5.74, 6) is 0.416. The molecule has 0 saturated carbocycles. The third-order valence-corrected chi connectivity index (χ3v) is 4.75. The first-order valence-electron chi connectivity index (χ1n) is 8.83. The SMILES string of the molecule is COc1ccc(CCC(=O)NC2(CC(=O)O)CCOCC2)c(OC)c1OC. The topological polar surface area (TPSA) is 103 Å². The Hall–Kier alpha value is -2.48. The van der Waals surface area contributed by atoms with E-state index in [0.29, 0.717) is 49.7 Å². The molecule has 0 spiro atoms. The van der Waals surface area contributed by atoms with Crippen LogP contribution in [0.25, 0.3) is 0 Å². The van der Waals surface area contributed by atoms with Gasteiger partial charge in [0.2, 0.25) is 11.7 Å². The quantitative estimate of drug-likeness (QED) is 0.672. The number of carboxylic acid groups (broad SMARTS) is 1. The Labute approximate surface area is 158 Å². The van der Waals surface area contributed by atoms with Gasteiger partial charge in [0.15, 0.2) is 11.5 Å². The number of carbonyl (C=O) groups excluding carboxylic acids is 1. The fourth-order valence-electron chi connectivity index (χ4n) is 3.36. The van der Waals surface area contributed by atoms with Crippen molar-refractivity contribution in [3.63, 3.8) is 0 Å². The highest BCUT2D eigenvalue weighted by molar-refractivity contribution is 5.79.